The molecule has 97 heavy (non-hydrogen) atoms. The van der Waals surface area contributed by atoms with Gasteiger partial charge < -0.3 is 47.4 Å². The molecule has 0 aliphatic rings. The standard InChI is InChI=1S/C28H32N4O.C28H34N4O.C26H29N3O.BrH/c1-20-9-13-23(14-10-20)17-25(19-30(4)22(3)33)32-27-8-6-5-7-26(27)31(28(32)29)18-24-15-11-21(2)12-16-24;1-21-8-12-23(13-9-21)18-25(20-30(3)16-17-33)32-27-7-5-4-6-26(27)31(28(32)29)19-24-14-10-22(2)11-15-24;1-18-8-12-21(13-9-18)16-23(17-30)29-25-7-5-4-6-24(25)28(26(29)27)20(3)22-14-10-19(2)11-15-22;/h5-16,25,29H,17-19H2,1-4H3;4-15,25,29,33H,16-20H2,1-3H3;4-15,20,23,27,30H,16-17H2,1-3H3;1H/t;;20?,23-;/m..0./s1. The molecule has 0 aliphatic heterocycles. The summed E-state index contributed by atoms with van der Waals surface area (Å²) >= 11 is 0. The summed E-state index contributed by atoms with van der Waals surface area (Å²) in [6.07, 6.45) is 2.25. The van der Waals surface area contributed by atoms with E-state index in [1.165, 1.54) is 55.6 Å². The highest BCUT2D eigenvalue weighted by Gasteiger charge is 2.25. The minimum Gasteiger partial charge on any atom is -0.395 e. The van der Waals surface area contributed by atoms with Crippen LogP contribution >= 0.6 is 17.0 Å². The van der Waals surface area contributed by atoms with E-state index in [1.807, 2.05) is 55.1 Å². The second kappa shape index (κ2) is 33.0. The van der Waals surface area contributed by atoms with Crippen molar-refractivity contribution in [1.29, 1.82) is 16.2 Å². The lowest BCUT2D eigenvalue weighted by Gasteiger charge is -2.25. The number of hydrogen-bond donors (Lipinski definition) is 5. The molecule has 3 heterocycles. The minimum absolute atomic E-state index is 0. The van der Waals surface area contributed by atoms with Crippen LogP contribution in [0.15, 0.2) is 218 Å². The molecule has 12 aromatic rings. The highest BCUT2D eigenvalue weighted by molar-refractivity contribution is 8.93. The van der Waals surface area contributed by atoms with E-state index in [-0.39, 0.29) is 60.3 Å². The van der Waals surface area contributed by atoms with Crippen molar-refractivity contribution in [2.24, 2.45) is 0 Å². The summed E-state index contributed by atoms with van der Waals surface area (Å²) in [6.45, 7) is 19.6. The fourth-order valence-electron chi connectivity index (χ4n) is 13.1. The Bertz CT molecular complexity index is 4730. The maximum atomic E-state index is 12.1. The van der Waals surface area contributed by atoms with E-state index in [0.717, 1.165) is 63.6 Å². The van der Waals surface area contributed by atoms with Gasteiger partial charge in [-0.3, -0.25) is 21.0 Å². The third kappa shape index (κ3) is 17.4. The number of hydrogen-bond acceptors (Lipinski definition) is 7. The van der Waals surface area contributed by atoms with Crippen molar-refractivity contribution >= 4 is 56.0 Å². The first-order valence-corrected chi connectivity index (χ1v) is 33.5. The van der Waals surface area contributed by atoms with Gasteiger partial charge in [0, 0.05) is 33.6 Å². The van der Waals surface area contributed by atoms with Crippen molar-refractivity contribution < 1.29 is 15.0 Å². The summed E-state index contributed by atoms with van der Waals surface area (Å²) in [4.78, 5) is 16.0. The molecule has 0 spiro atoms. The zero-order valence-electron chi connectivity index (χ0n) is 58.0. The topological polar surface area (TPSA) is 165 Å². The summed E-state index contributed by atoms with van der Waals surface area (Å²) in [7, 11) is 3.87. The lowest BCUT2D eigenvalue weighted by atomic mass is 10.0. The number of aromatic nitrogens is 6. The number of carbonyl (C=O) groups excluding carboxylic acids is 1. The number of nitrogens with zero attached hydrogens (tertiary/aromatic N) is 8. The van der Waals surface area contributed by atoms with Gasteiger partial charge in [-0.2, -0.15) is 0 Å². The number of aliphatic hydroxyl groups is 2. The summed E-state index contributed by atoms with van der Waals surface area (Å²) in [5, 5.41) is 47.1. The third-order valence-corrected chi connectivity index (χ3v) is 18.7. The number of rotatable bonds is 22. The highest BCUT2D eigenvalue weighted by Crippen LogP contribution is 2.29. The van der Waals surface area contributed by atoms with Crippen LogP contribution in [-0.4, -0.2) is 100 Å². The molecule has 0 saturated carbocycles. The predicted octanol–water partition coefficient (Wildman–Crippen LogP) is 14.6. The molecule has 0 saturated heterocycles. The fourth-order valence-corrected chi connectivity index (χ4v) is 13.1. The zero-order valence-corrected chi connectivity index (χ0v) is 59.7. The molecule has 0 aliphatic carbocycles. The molecule has 12 rings (SSSR count). The van der Waals surface area contributed by atoms with E-state index >= 15 is 0 Å². The van der Waals surface area contributed by atoms with Gasteiger partial charge in [-0.05, 0) is 145 Å². The van der Waals surface area contributed by atoms with Crippen LogP contribution < -0.4 is 16.9 Å². The maximum absolute atomic E-state index is 12.1. The summed E-state index contributed by atoms with van der Waals surface area (Å²) in [5.74, 6) is 0.0273. The van der Waals surface area contributed by atoms with E-state index < -0.39 is 0 Å². The van der Waals surface area contributed by atoms with Crippen molar-refractivity contribution in [3.8, 4) is 0 Å². The molecule has 3 unspecified atom stereocenters. The van der Waals surface area contributed by atoms with Gasteiger partial charge in [0.15, 0.2) is 0 Å². The third-order valence-electron chi connectivity index (χ3n) is 18.7. The van der Waals surface area contributed by atoms with Crippen molar-refractivity contribution in [2.75, 3.05) is 46.9 Å². The Morgan fingerprint density at radius 3 is 1.05 bits per heavy atom. The number of imidazole rings is 3. The van der Waals surface area contributed by atoms with Crippen molar-refractivity contribution in [1.82, 2.24) is 37.2 Å². The largest absolute Gasteiger partial charge is 0.395 e. The number of aliphatic hydroxyl groups excluding tert-OH is 2. The number of likely N-dealkylation sites (N-methyl/N-ethyl adjacent to an activating group) is 2. The number of para-hydroxylation sites is 6. The van der Waals surface area contributed by atoms with Gasteiger partial charge >= 0.3 is 0 Å². The average molecular weight is 1360 g/mol. The average Bonchev–Trinajstić information content (AvgIpc) is 1.63. The fraction of sp³-hybridized carbons (Fsp3) is 0.293. The Balaban J connectivity index is 0.000000170. The van der Waals surface area contributed by atoms with Crippen LogP contribution in [0.4, 0.5) is 0 Å². The molecule has 9 aromatic carbocycles. The first-order chi connectivity index (χ1) is 46.3. The molecule has 0 bridgehead atoms. The molecular formula is C82H96BrN11O3. The van der Waals surface area contributed by atoms with Crippen LogP contribution in [0.5, 0.6) is 0 Å². The normalized spacial score (nSPS) is 12.5. The van der Waals surface area contributed by atoms with E-state index in [1.54, 1.807) is 11.8 Å². The molecule has 1 amide bonds. The highest BCUT2D eigenvalue weighted by atomic mass is 79.9. The second-order valence-electron chi connectivity index (χ2n) is 26.2. The van der Waals surface area contributed by atoms with Crippen LogP contribution in [-0.2, 0) is 37.1 Å². The molecule has 14 nitrogen and oxygen atoms in total. The zero-order chi connectivity index (χ0) is 68.2. The first-order valence-electron chi connectivity index (χ1n) is 33.5. The number of fused-ring (bicyclic) bond motifs is 3. The minimum atomic E-state index is -0.198. The lowest BCUT2D eigenvalue weighted by Crippen LogP contribution is -2.37. The SMILES string of the molecule is Br.CC(=O)N(C)CC(Cc1ccc(C)cc1)n1c(=N)n(Cc2ccc(C)cc2)c2ccccc21.Cc1ccc(CC(CN(C)CCO)n2c(=N)n(Cc3ccc(C)cc3)c3ccccc32)cc1.Cc1ccc(C[C@@H](CO)n2c(=N)n(C(C)c3ccc(C)cc3)c3ccccc32)cc1. The number of carbonyl (C=O) groups is 1. The van der Waals surface area contributed by atoms with Crippen molar-refractivity contribution in [3.63, 3.8) is 0 Å². The summed E-state index contributed by atoms with van der Waals surface area (Å²) in [6, 6.07) is 75.6. The van der Waals surface area contributed by atoms with Crippen LogP contribution in [0, 0.1) is 57.8 Å². The molecule has 4 atom stereocenters. The Labute approximate surface area is 581 Å². The van der Waals surface area contributed by atoms with Crippen LogP contribution in [0.1, 0.15) is 105 Å². The molecule has 15 heteroatoms. The maximum Gasteiger partial charge on any atom is 0.219 e. The van der Waals surface area contributed by atoms with Gasteiger partial charge in [0.1, 0.15) is 0 Å². The quantitative estimate of drug-likeness (QED) is 0.0456. The van der Waals surface area contributed by atoms with Gasteiger partial charge in [0.2, 0.25) is 22.8 Å². The number of aryl methyl sites for hydroxylation is 6. The lowest BCUT2D eigenvalue weighted by molar-refractivity contribution is -0.128. The molecular weight excluding hydrogens is 1270 g/mol. The molecule has 5 N–H and O–H groups in total. The van der Waals surface area contributed by atoms with E-state index in [0.29, 0.717) is 49.5 Å². The summed E-state index contributed by atoms with van der Waals surface area (Å²) < 4.78 is 12.5. The van der Waals surface area contributed by atoms with Crippen molar-refractivity contribution in [3.05, 3.63) is 302 Å². The Morgan fingerprint density at radius 1 is 0.402 bits per heavy atom. The smallest absolute Gasteiger partial charge is 0.219 e. The van der Waals surface area contributed by atoms with Crippen LogP contribution in [0.25, 0.3) is 33.1 Å². The first kappa shape index (κ1) is 71.9. The molecule has 0 fully saturated rings. The summed E-state index contributed by atoms with van der Waals surface area (Å²) in [5.41, 5.74) is 22.1. The van der Waals surface area contributed by atoms with Gasteiger partial charge in [0.25, 0.3) is 0 Å². The Hall–Kier alpha value is -9.38. The number of nitrogens with one attached hydrogen (secondary N) is 3. The number of benzene rings is 9. The number of amides is 1. The van der Waals surface area contributed by atoms with E-state index in [2.05, 4.69) is 258 Å². The van der Waals surface area contributed by atoms with E-state index in [9.17, 15) is 25.8 Å². The van der Waals surface area contributed by atoms with Crippen LogP contribution in [0.3, 0.4) is 0 Å². The predicted molar refractivity (Wildman–Crippen MR) is 400 cm³/mol. The van der Waals surface area contributed by atoms with Gasteiger partial charge in [0.05, 0.1) is 83.6 Å². The monoisotopic (exact) mass is 1360 g/mol. The Kier molecular flexibility index (Phi) is 24.5. The number of halogens is 1. The molecule has 504 valence electrons. The van der Waals surface area contributed by atoms with E-state index in [4.69, 9.17) is 5.41 Å². The van der Waals surface area contributed by atoms with Crippen molar-refractivity contribution in [2.45, 2.75) is 112 Å². The van der Waals surface area contributed by atoms with Gasteiger partial charge in [-0.25, -0.2) is 0 Å². The molecule has 3 aromatic heterocycles. The second-order valence-corrected chi connectivity index (χ2v) is 26.2. The van der Waals surface area contributed by atoms with Crippen LogP contribution in [0.2, 0.25) is 0 Å². The Morgan fingerprint density at radius 2 is 0.701 bits per heavy atom. The molecule has 0 radical (unpaired) electrons. The van der Waals surface area contributed by atoms with Gasteiger partial charge in [-0.1, -0.05) is 215 Å². The van der Waals surface area contributed by atoms with Gasteiger partial charge in [-0.15, -0.1) is 17.0 Å².